The van der Waals surface area contributed by atoms with E-state index < -0.39 is 41.5 Å². The van der Waals surface area contributed by atoms with Crippen molar-refractivity contribution < 1.29 is 41.7 Å². The van der Waals surface area contributed by atoms with Crippen molar-refractivity contribution in [2.75, 3.05) is 6.61 Å². The smallest absolute Gasteiger partial charge is 0.505 e. The van der Waals surface area contributed by atoms with Gasteiger partial charge < -0.3 is 14.6 Å². The van der Waals surface area contributed by atoms with E-state index in [1.165, 1.54) is 19.9 Å². The number of phenols is 1. The van der Waals surface area contributed by atoms with Gasteiger partial charge >= 0.3 is 12.3 Å². The third-order valence-corrected chi connectivity index (χ3v) is 5.11. The lowest BCUT2D eigenvalue weighted by Gasteiger charge is -2.13. The van der Waals surface area contributed by atoms with Crippen molar-refractivity contribution >= 4 is 22.8 Å². The zero-order chi connectivity index (χ0) is 24.5. The Morgan fingerprint density at radius 2 is 1.76 bits per heavy atom. The lowest BCUT2D eigenvalue weighted by atomic mass is 9.97. The molecule has 0 saturated heterocycles. The minimum Gasteiger partial charge on any atom is -0.505 e. The summed E-state index contributed by atoms with van der Waals surface area (Å²) >= 11 is 0. The fourth-order valence-electron chi connectivity index (χ4n) is 3.64. The maximum Gasteiger partial charge on any atom is 0.573 e. The summed E-state index contributed by atoms with van der Waals surface area (Å²) in [4.78, 5) is 25.7. The van der Waals surface area contributed by atoms with E-state index in [0.29, 0.717) is 6.42 Å². The van der Waals surface area contributed by atoms with Crippen molar-refractivity contribution in [3.8, 4) is 11.5 Å². The van der Waals surface area contributed by atoms with E-state index in [2.05, 4.69) is 4.74 Å². The topological polar surface area (TPSA) is 77.8 Å². The van der Waals surface area contributed by atoms with Gasteiger partial charge in [0.05, 0.1) is 18.0 Å². The Hall–Kier alpha value is -3.56. The fraction of sp³-hybridized carbons (Fsp3) is 0.304. The van der Waals surface area contributed by atoms with Crippen LogP contribution >= 0.6 is 0 Å². The van der Waals surface area contributed by atoms with E-state index in [4.69, 9.17) is 4.74 Å². The third-order valence-electron chi connectivity index (χ3n) is 5.11. The van der Waals surface area contributed by atoms with Gasteiger partial charge in [0.2, 0.25) is 0 Å². The summed E-state index contributed by atoms with van der Waals surface area (Å²) in [5, 5.41) is 9.78. The SMILES string of the molecule is CCCOC(=O)C(C)c1c(C)n(C(=O)c2ccc(OC(F)(F)F)cc2)c2ccc(O)c(F)c12. The number of ether oxygens (including phenoxy) is 2. The molecule has 0 aliphatic rings. The summed E-state index contributed by atoms with van der Waals surface area (Å²) in [6.07, 6.45) is -4.30. The molecule has 1 heterocycles. The van der Waals surface area contributed by atoms with Crippen LogP contribution in [0, 0.1) is 12.7 Å². The van der Waals surface area contributed by atoms with Gasteiger partial charge in [-0.3, -0.25) is 14.2 Å². The summed E-state index contributed by atoms with van der Waals surface area (Å²) in [6, 6.07) is 6.66. The molecule has 0 aliphatic carbocycles. The highest BCUT2D eigenvalue weighted by Gasteiger charge is 2.32. The van der Waals surface area contributed by atoms with Gasteiger partial charge in [0, 0.05) is 16.6 Å². The largest absolute Gasteiger partial charge is 0.573 e. The Balaban J connectivity index is 2.12. The second-order valence-corrected chi connectivity index (χ2v) is 7.39. The van der Waals surface area contributed by atoms with Crippen LogP contribution in [0.5, 0.6) is 11.5 Å². The quantitative estimate of drug-likeness (QED) is 0.386. The van der Waals surface area contributed by atoms with Crippen molar-refractivity contribution in [1.82, 2.24) is 4.57 Å². The number of benzene rings is 2. The number of esters is 1. The number of phenolic OH excluding ortho intramolecular Hbond substituents is 1. The summed E-state index contributed by atoms with van der Waals surface area (Å²) in [5.74, 6) is -4.40. The predicted octanol–water partition coefficient (Wildman–Crippen LogP) is 5.44. The molecule has 1 aromatic heterocycles. The normalized spacial score (nSPS) is 12.6. The minimum absolute atomic E-state index is 0.00534. The van der Waals surface area contributed by atoms with Gasteiger partial charge in [-0.1, -0.05) is 6.92 Å². The van der Waals surface area contributed by atoms with Crippen LogP contribution in [-0.2, 0) is 9.53 Å². The van der Waals surface area contributed by atoms with Gasteiger partial charge in [0.1, 0.15) is 5.75 Å². The van der Waals surface area contributed by atoms with Crippen molar-refractivity contribution in [2.45, 2.75) is 39.5 Å². The summed E-state index contributed by atoms with van der Waals surface area (Å²) in [6.45, 7) is 4.99. The zero-order valence-electron chi connectivity index (χ0n) is 18.0. The number of hydrogen-bond acceptors (Lipinski definition) is 5. The van der Waals surface area contributed by atoms with Gasteiger partial charge in [-0.25, -0.2) is 4.39 Å². The van der Waals surface area contributed by atoms with E-state index in [1.807, 2.05) is 6.92 Å². The van der Waals surface area contributed by atoms with Crippen LogP contribution in [0.3, 0.4) is 0 Å². The van der Waals surface area contributed by atoms with Crippen molar-refractivity contribution in [1.29, 1.82) is 0 Å². The molecule has 176 valence electrons. The first-order chi connectivity index (χ1) is 15.5. The van der Waals surface area contributed by atoms with E-state index in [1.54, 1.807) is 0 Å². The van der Waals surface area contributed by atoms with Crippen molar-refractivity contribution in [3.05, 3.63) is 59.0 Å². The van der Waals surface area contributed by atoms with Gasteiger partial charge in [0.15, 0.2) is 11.6 Å². The molecule has 0 bridgehead atoms. The van der Waals surface area contributed by atoms with Crippen LogP contribution in [-0.4, -0.2) is 34.5 Å². The number of rotatable bonds is 6. The standard InChI is InChI=1S/C23H21F4NO5/c1-4-11-32-22(31)12(2)18-13(3)28(16-9-10-17(29)20(24)19(16)18)21(30)14-5-7-15(8-6-14)33-23(25,26)27/h5-10,12,29H,4,11H2,1-3H3. The highest BCUT2D eigenvalue weighted by Crippen LogP contribution is 2.37. The van der Waals surface area contributed by atoms with E-state index >= 15 is 0 Å². The predicted molar refractivity (Wildman–Crippen MR) is 111 cm³/mol. The highest BCUT2D eigenvalue weighted by atomic mass is 19.4. The number of hydrogen-bond donors (Lipinski definition) is 1. The third kappa shape index (κ3) is 4.79. The molecule has 1 atom stereocenters. The number of halogens is 4. The van der Waals surface area contributed by atoms with Crippen LogP contribution in [0.4, 0.5) is 17.6 Å². The lowest BCUT2D eigenvalue weighted by molar-refractivity contribution is -0.274. The summed E-state index contributed by atoms with van der Waals surface area (Å²) in [5.41, 5.74) is 0.500. The number of carbonyl (C=O) groups excluding carboxylic acids is 2. The van der Waals surface area contributed by atoms with Crippen LogP contribution in [0.2, 0.25) is 0 Å². The van der Waals surface area contributed by atoms with E-state index in [0.717, 1.165) is 34.9 Å². The molecule has 1 unspecified atom stereocenters. The molecule has 10 heteroatoms. The average molecular weight is 467 g/mol. The second-order valence-electron chi connectivity index (χ2n) is 7.39. The number of carbonyl (C=O) groups is 2. The molecule has 0 radical (unpaired) electrons. The van der Waals surface area contributed by atoms with E-state index in [-0.39, 0.29) is 34.3 Å². The number of nitrogens with zero attached hydrogens (tertiary/aromatic N) is 1. The van der Waals surface area contributed by atoms with Gasteiger partial charge in [0.25, 0.3) is 5.91 Å². The Kier molecular flexibility index (Phi) is 6.66. The van der Waals surface area contributed by atoms with Crippen LogP contribution in [0.25, 0.3) is 10.9 Å². The lowest BCUT2D eigenvalue weighted by Crippen LogP contribution is -2.18. The molecule has 33 heavy (non-hydrogen) atoms. The van der Waals surface area contributed by atoms with Crippen LogP contribution < -0.4 is 4.74 Å². The first-order valence-electron chi connectivity index (χ1n) is 10.1. The molecule has 0 saturated carbocycles. The molecule has 6 nitrogen and oxygen atoms in total. The molecule has 1 N–H and O–H groups in total. The van der Waals surface area contributed by atoms with Crippen molar-refractivity contribution in [2.24, 2.45) is 0 Å². The first kappa shape index (κ1) is 24.1. The van der Waals surface area contributed by atoms with Gasteiger partial charge in [-0.05, 0) is 62.2 Å². The molecule has 0 aliphatic heterocycles. The Bertz CT molecular complexity index is 1200. The number of aromatic hydroxyl groups is 1. The van der Waals surface area contributed by atoms with Crippen molar-refractivity contribution in [3.63, 3.8) is 0 Å². The molecular weight excluding hydrogens is 446 g/mol. The maximum absolute atomic E-state index is 15.0. The molecule has 0 amide bonds. The summed E-state index contributed by atoms with van der Waals surface area (Å²) < 4.78 is 62.3. The molecular formula is C23H21F4NO5. The average Bonchev–Trinajstić information content (AvgIpc) is 3.05. The zero-order valence-corrected chi connectivity index (χ0v) is 18.0. The minimum atomic E-state index is -4.88. The molecule has 0 spiro atoms. The Morgan fingerprint density at radius 3 is 2.33 bits per heavy atom. The molecule has 2 aromatic carbocycles. The number of fused-ring (bicyclic) bond motifs is 1. The fourth-order valence-corrected chi connectivity index (χ4v) is 3.64. The highest BCUT2D eigenvalue weighted by molar-refractivity contribution is 6.05. The Morgan fingerprint density at radius 1 is 1.12 bits per heavy atom. The van der Waals surface area contributed by atoms with Gasteiger partial charge in [-0.2, -0.15) is 0 Å². The number of alkyl halides is 3. The molecule has 3 aromatic rings. The molecule has 0 fully saturated rings. The first-order valence-corrected chi connectivity index (χ1v) is 10.1. The van der Waals surface area contributed by atoms with E-state index in [9.17, 15) is 32.3 Å². The monoisotopic (exact) mass is 467 g/mol. The summed E-state index contributed by atoms with van der Waals surface area (Å²) in [7, 11) is 0. The number of aromatic nitrogens is 1. The molecule has 3 rings (SSSR count). The maximum atomic E-state index is 15.0. The Labute approximate surface area is 186 Å². The van der Waals surface area contributed by atoms with Gasteiger partial charge in [-0.15, -0.1) is 13.2 Å². The second kappa shape index (κ2) is 9.13. The van der Waals surface area contributed by atoms with Crippen LogP contribution in [0.1, 0.15) is 47.8 Å². The van der Waals surface area contributed by atoms with Crippen LogP contribution in [0.15, 0.2) is 36.4 Å².